The average molecular weight is 213 g/mol. The van der Waals surface area contributed by atoms with Crippen molar-refractivity contribution in [1.82, 2.24) is 10.2 Å². The number of likely N-dealkylation sites (tertiary alicyclic amines) is 1. The summed E-state index contributed by atoms with van der Waals surface area (Å²) in [6.07, 6.45) is 2.81. The summed E-state index contributed by atoms with van der Waals surface area (Å²) in [5, 5.41) is 3.32. The molecule has 0 unspecified atom stereocenters. The highest BCUT2D eigenvalue weighted by Crippen LogP contribution is 2.19. The highest BCUT2D eigenvalue weighted by molar-refractivity contribution is 5.73. The minimum atomic E-state index is -0.152. The average Bonchev–Trinajstić information content (AvgIpc) is 2.20. The smallest absolute Gasteiger partial charge is 0.217 e. The van der Waals surface area contributed by atoms with E-state index < -0.39 is 0 Å². The summed E-state index contributed by atoms with van der Waals surface area (Å²) in [6.45, 7) is 7.58. The third-order valence-corrected chi connectivity index (χ3v) is 3.05. The quantitative estimate of drug-likeness (QED) is 0.619. The van der Waals surface area contributed by atoms with E-state index >= 15 is 0 Å². The van der Waals surface area contributed by atoms with Crippen LogP contribution < -0.4 is 11.1 Å². The minimum Gasteiger partial charge on any atom is -0.370 e. The van der Waals surface area contributed by atoms with E-state index in [4.69, 9.17) is 5.73 Å². The maximum atomic E-state index is 10.8. The Bertz CT molecular complexity index is 188. The van der Waals surface area contributed by atoms with Crippen LogP contribution in [-0.4, -0.2) is 43.5 Å². The van der Waals surface area contributed by atoms with Gasteiger partial charge in [-0.15, -0.1) is 0 Å². The molecule has 0 saturated carbocycles. The Morgan fingerprint density at radius 1 is 1.47 bits per heavy atom. The van der Waals surface area contributed by atoms with Crippen LogP contribution in [0.2, 0.25) is 0 Å². The highest BCUT2D eigenvalue weighted by atomic mass is 16.1. The van der Waals surface area contributed by atoms with Crippen LogP contribution in [0, 0.1) is 5.92 Å². The van der Waals surface area contributed by atoms with Gasteiger partial charge in [-0.25, -0.2) is 0 Å². The number of likely N-dealkylation sites (N-methyl/N-ethyl adjacent to an activating group) is 1. The van der Waals surface area contributed by atoms with Gasteiger partial charge < -0.3 is 16.0 Å². The van der Waals surface area contributed by atoms with Crippen LogP contribution in [0.5, 0.6) is 0 Å². The van der Waals surface area contributed by atoms with Gasteiger partial charge in [-0.2, -0.15) is 0 Å². The topological polar surface area (TPSA) is 58.4 Å². The lowest BCUT2D eigenvalue weighted by Crippen LogP contribution is -2.39. The standard InChI is InChI=1S/C11H23N3O/c1-2-13-5-8-14-6-3-10(4-7-14)9-11(12)15/h10,13H,2-9H2,1H3,(H2,12,15). The Morgan fingerprint density at radius 3 is 2.67 bits per heavy atom. The summed E-state index contributed by atoms with van der Waals surface area (Å²) in [6, 6.07) is 0. The molecule has 0 aromatic rings. The lowest BCUT2D eigenvalue weighted by atomic mass is 9.93. The predicted octanol–water partition coefficient (Wildman–Crippen LogP) is 0.183. The third-order valence-electron chi connectivity index (χ3n) is 3.05. The van der Waals surface area contributed by atoms with Crippen molar-refractivity contribution < 1.29 is 4.79 Å². The molecule has 1 rings (SSSR count). The van der Waals surface area contributed by atoms with Gasteiger partial charge in [0.05, 0.1) is 0 Å². The largest absolute Gasteiger partial charge is 0.370 e. The summed E-state index contributed by atoms with van der Waals surface area (Å²) >= 11 is 0. The molecule has 0 aliphatic carbocycles. The van der Waals surface area contributed by atoms with Crippen molar-refractivity contribution in [3.05, 3.63) is 0 Å². The number of piperidine rings is 1. The van der Waals surface area contributed by atoms with Crippen LogP contribution in [0.25, 0.3) is 0 Å². The van der Waals surface area contributed by atoms with Gasteiger partial charge in [-0.3, -0.25) is 4.79 Å². The Hall–Kier alpha value is -0.610. The number of carbonyl (C=O) groups excluding carboxylic acids is 1. The second kappa shape index (κ2) is 6.80. The molecule has 0 aromatic heterocycles. The zero-order valence-electron chi connectivity index (χ0n) is 9.67. The monoisotopic (exact) mass is 213 g/mol. The van der Waals surface area contributed by atoms with Crippen LogP contribution in [0.3, 0.4) is 0 Å². The molecular formula is C11H23N3O. The number of carbonyl (C=O) groups is 1. The number of rotatable bonds is 6. The SMILES string of the molecule is CCNCCN1CCC(CC(N)=O)CC1. The van der Waals surface area contributed by atoms with E-state index in [2.05, 4.69) is 17.1 Å². The first-order chi connectivity index (χ1) is 7.22. The molecule has 0 aromatic carbocycles. The molecule has 3 N–H and O–H groups in total. The van der Waals surface area contributed by atoms with E-state index in [0.29, 0.717) is 12.3 Å². The van der Waals surface area contributed by atoms with Gasteiger partial charge in [-0.05, 0) is 38.4 Å². The summed E-state index contributed by atoms with van der Waals surface area (Å²) in [7, 11) is 0. The number of amides is 1. The Labute approximate surface area is 92.2 Å². The molecule has 0 spiro atoms. The minimum absolute atomic E-state index is 0.152. The number of hydrogen-bond donors (Lipinski definition) is 2. The van der Waals surface area contributed by atoms with E-state index in [9.17, 15) is 4.79 Å². The zero-order valence-corrected chi connectivity index (χ0v) is 9.67. The van der Waals surface area contributed by atoms with Gasteiger partial charge in [-0.1, -0.05) is 6.92 Å². The van der Waals surface area contributed by atoms with Crippen LogP contribution in [0.15, 0.2) is 0 Å². The predicted molar refractivity (Wildman–Crippen MR) is 61.5 cm³/mol. The van der Waals surface area contributed by atoms with E-state index in [0.717, 1.165) is 45.6 Å². The lowest BCUT2D eigenvalue weighted by Gasteiger charge is -2.31. The van der Waals surface area contributed by atoms with Gasteiger partial charge in [0.2, 0.25) is 5.91 Å². The maximum absolute atomic E-state index is 10.8. The van der Waals surface area contributed by atoms with Gasteiger partial charge >= 0.3 is 0 Å². The Morgan fingerprint density at radius 2 is 2.13 bits per heavy atom. The van der Waals surface area contributed by atoms with Crippen LogP contribution in [0.4, 0.5) is 0 Å². The van der Waals surface area contributed by atoms with Gasteiger partial charge in [0.15, 0.2) is 0 Å². The molecule has 1 fully saturated rings. The lowest BCUT2D eigenvalue weighted by molar-refractivity contribution is -0.119. The molecule has 1 aliphatic heterocycles. The van der Waals surface area contributed by atoms with E-state index in [1.54, 1.807) is 0 Å². The molecule has 88 valence electrons. The molecule has 15 heavy (non-hydrogen) atoms. The molecule has 0 bridgehead atoms. The van der Waals surface area contributed by atoms with Crippen LogP contribution in [-0.2, 0) is 4.79 Å². The molecule has 0 radical (unpaired) electrons. The van der Waals surface area contributed by atoms with Gasteiger partial charge in [0.1, 0.15) is 0 Å². The van der Waals surface area contributed by atoms with Crippen LogP contribution in [0.1, 0.15) is 26.2 Å². The van der Waals surface area contributed by atoms with Crippen molar-refractivity contribution in [1.29, 1.82) is 0 Å². The number of nitrogens with zero attached hydrogens (tertiary/aromatic N) is 1. The molecule has 0 atom stereocenters. The fraction of sp³-hybridized carbons (Fsp3) is 0.909. The van der Waals surface area contributed by atoms with E-state index in [-0.39, 0.29) is 5.91 Å². The molecule has 1 saturated heterocycles. The first-order valence-electron chi connectivity index (χ1n) is 5.93. The summed E-state index contributed by atoms with van der Waals surface area (Å²) in [5.41, 5.74) is 5.19. The zero-order chi connectivity index (χ0) is 11.1. The van der Waals surface area contributed by atoms with Crippen molar-refractivity contribution in [2.75, 3.05) is 32.7 Å². The van der Waals surface area contributed by atoms with Crippen molar-refractivity contribution in [3.8, 4) is 0 Å². The Balaban J connectivity index is 2.10. The van der Waals surface area contributed by atoms with Crippen molar-refractivity contribution in [3.63, 3.8) is 0 Å². The summed E-state index contributed by atoms with van der Waals surface area (Å²) in [4.78, 5) is 13.2. The van der Waals surface area contributed by atoms with Crippen molar-refractivity contribution in [2.24, 2.45) is 11.7 Å². The molecular weight excluding hydrogens is 190 g/mol. The molecule has 4 heteroatoms. The van der Waals surface area contributed by atoms with Crippen molar-refractivity contribution in [2.45, 2.75) is 26.2 Å². The molecule has 1 heterocycles. The van der Waals surface area contributed by atoms with Gasteiger partial charge in [0.25, 0.3) is 0 Å². The molecule has 1 amide bonds. The van der Waals surface area contributed by atoms with E-state index in [1.165, 1.54) is 0 Å². The molecule has 1 aliphatic rings. The summed E-state index contributed by atoms with van der Waals surface area (Å²) < 4.78 is 0. The number of primary amides is 1. The number of hydrogen-bond acceptors (Lipinski definition) is 3. The highest BCUT2D eigenvalue weighted by Gasteiger charge is 2.19. The summed E-state index contributed by atoms with van der Waals surface area (Å²) in [5.74, 6) is 0.374. The third kappa shape index (κ3) is 5.14. The maximum Gasteiger partial charge on any atom is 0.217 e. The number of nitrogens with one attached hydrogen (secondary N) is 1. The normalized spacial score (nSPS) is 19.3. The fourth-order valence-corrected chi connectivity index (χ4v) is 2.11. The molecule has 4 nitrogen and oxygen atoms in total. The van der Waals surface area contributed by atoms with Crippen molar-refractivity contribution >= 4 is 5.91 Å². The van der Waals surface area contributed by atoms with Gasteiger partial charge in [0, 0.05) is 19.5 Å². The number of nitrogens with two attached hydrogens (primary N) is 1. The first kappa shape index (κ1) is 12.5. The second-order valence-electron chi connectivity index (χ2n) is 4.31. The first-order valence-corrected chi connectivity index (χ1v) is 5.93. The van der Waals surface area contributed by atoms with Crippen LogP contribution >= 0.6 is 0 Å². The van der Waals surface area contributed by atoms with E-state index in [1.807, 2.05) is 0 Å². The fourth-order valence-electron chi connectivity index (χ4n) is 2.11. The second-order valence-corrected chi connectivity index (χ2v) is 4.31. The Kier molecular flexibility index (Phi) is 5.65.